The van der Waals surface area contributed by atoms with Crippen molar-refractivity contribution in [2.75, 3.05) is 26.4 Å². The fourth-order valence-electron chi connectivity index (χ4n) is 1.17. The molecule has 0 aliphatic carbocycles. The highest BCUT2D eigenvalue weighted by Gasteiger charge is 2.08. The molecular weight excluding hydrogens is 194 g/mol. The van der Waals surface area contributed by atoms with Gasteiger partial charge in [0.05, 0.1) is 19.3 Å². The van der Waals surface area contributed by atoms with E-state index >= 15 is 0 Å². The van der Waals surface area contributed by atoms with Gasteiger partial charge in [0.2, 0.25) is 0 Å². The summed E-state index contributed by atoms with van der Waals surface area (Å²) in [6.45, 7) is 5.77. The van der Waals surface area contributed by atoms with Gasteiger partial charge in [0.25, 0.3) is 0 Å². The molecule has 0 rings (SSSR count). The highest BCUT2D eigenvalue weighted by atomic mass is 16.5. The topological polar surface area (TPSA) is 61.7 Å². The molecule has 0 aliphatic rings. The number of nitrogens with one attached hydrogen (secondary N) is 1. The van der Waals surface area contributed by atoms with Crippen molar-refractivity contribution >= 4 is 0 Å². The lowest BCUT2D eigenvalue weighted by Gasteiger charge is -2.17. The molecule has 0 aromatic heterocycles. The van der Waals surface area contributed by atoms with Crippen LogP contribution < -0.4 is 5.32 Å². The predicted molar refractivity (Wildman–Crippen MR) is 60.9 cm³/mol. The minimum Gasteiger partial charge on any atom is -0.395 e. The minimum absolute atomic E-state index is 0.0790. The van der Waals surface area contributed by atoms with E-state index in [0.717, 1.165) is 19.3 Å². The maximum atomic E-state index is 9.52. The second-order valence-corrected chi connectivity index (χ2v) is 3.78. The van der Waals surface area contributed by atoms with Gasteiger partial charge in [-0.05, 0) is 12.8 Å². The molecule has 0 aromatic rings. The van der Waals surface area contributed by atoms with E-state index in [1.165, 1.54) is 0 Å². The molecule has 0 aromatic carbocycles. The smallest absolute Gasteiger partial charge is 0.0897 e. The quantitative estimate of drug-likeness (QED) is 0.469. The zero-order chi connectivity index (χ0) is 11.5. The molecule has 15 heavy (non-hydrogen) atoms. The molecule has 0 spiro atoms. The number of unbranched alkanes of at least 4 members (excludes halogenated alkanes) is 1. The summed E-state index contributed by atoms with van der Waals surface area (Å²) in [5, 5.41) is 21.5. The standard InChI is InChI=1S/C11H25NO3/c1-3-5-6-15-9-11(14)7-12-10(4-2)8-13/h10-14H,3-9H2,1-2H3. The van der Waals surface area contributed by atoms with Gasteiger partial charge in [0.1, 0.15) is 0 Å². The third kappa shape index (κ3) is 8.81. The van der Waals surface area contributed by atoms with Crippen LogP contribution in [0, 0.1) is 0 Å². The van der Waals surface area contributed by atoms with E-state index in [1.807, 2.05) is 6.92 Å². The van der Waals surface area contributed by atoms with Gasteiger partial charge in [-0.1, -0.05) is 20.3 Å². The van der Waals surface area contributed by atoms with Crippen molar-refractivity contribution in [1.29, 1.82) is 0 Å². The Bertz CT molecular complexity index is 129. The molecule has 0 aliphatic heterocycles. The normalized spacial score (nSPS) is 15.2. The van der Waals surface area contributed by atoms with Crippen LogP contribution in [0.25, 0.3) is 0 Å². The monoisotopic (exact) mass is 219 g/mol. The maximum Gasteiger partial charge on any atom is 0.0897 e. The second kappa shape index (κ2) is 10.4. The van der Waals surface area contributed by atoms with Crippen molar-refractivity contribution in [2.24, 2.45) is 0 Å². The summed E-state index contributed by atoms with van der Waals surface area (Å²) < 4.78 is 5.28. The van der Waals surface area contributed by atoms with E-state index in [1.54, 1.807) is 0 Å². The third-order valence-corrected chi connectivity index (χ3v) is 2.31. The Balaban J connectivity index is 3.35. The fraction of sp³-hybridized carbons (Fsp3) is 1.00. The molecule has 0 amide bonds. The lowest BCUT2D eigenvalue weighted by Crippen LogP contribution is -2.39. The molecule has 4 nitrogen and oxygen atoms in total. The van der Waals surface area contributed by atoms with Gasteiger partial charge < -0.3 is 20.3 Å². The maximum absolute atomic E-state index is 9.52. The molecule has 92 valence electrons. The van der Waals surface area contributed by atoms with E-state index in [9.17, 15) is 5.11 Å². The summed E-state index contributed by atoms with van der Waals surface area (Å²) in [6.07, 6.45) is 2.52. The summed E-state index contributed by atoms with van der Waals surface area (Å²) in [7, 11) is 0. The molecule has 4 heteroatoms. The van der Waals surface area contributed by atoms with E-state index in [-0.39, 0.29) is 12.6 Å². The van der Waals surface area contributed by atoms with Gasteiger partial charge in [0.15, 0.2) is 0 Å². The Morgan fingerprint density at radius 1 is 1.33 bits per heavy atom. The largest absolute Gasteiger partial charge is 0.395 e. The van der Waals surface area contributed by atoms with Crippen molar-refractivity contribution < 1.29 is 14.9 Å². The predicted octanol–water partition coefficient (Wildman–Crippen LogP) is 0.524. The summed E-state index contributed by atoms with van der Waals surface area (Å²) >= 11 is 0. The summed E-state index contributed by atoms with van der Waals surface area (Å²) in [6, 6.07) is 0.0790. The van der Waals surface area contributed by atoms with Gasteiger partial charge in [0, 0.05) is 19.2 Å². The lowest BCUT2D eigenvalue weighted by molar-refractivity contribution is 0.0334. The Morgan fingerprint density at radius 2 is 2.07 bits per heavy atom. The lowest BCUT2D eigenvalue weighted by atomic mass is 10.2. The van der Waals surface area contributed by atoms with Crippen molar-refractivity contribution in [3.05, 3.63) is 0 Å². The summed E-state index contributed by atoms with van der Waals surface area (Å²) in [4.78, 5) is 0. The van der Waals surface area contributed by atoms with Gasteiger partial charge in [-0.3, -0.25) is 0 Å². The second-order valence-electron chi connectivity index (χ2n) is 3.78. The van der Waals surface area contributed by atoms with Crippen LogP contribution in [-0.4, -0.2) is 48.7 Å². The van der Waals surface area contributed by atoms with Crippen molar-refractivity contribution in [1.82, 2.24) is 5.32 Å². The molecule has 3 N–H and O–H groups in total. The molecule has 0 radical (unpaired) electrons. The van der Waals surface area contributed by atoms with Crippen LogP contribution in [0.4, 0.5) is 0 Å². The minimum atomic E-state index is -0.484. The van der Waals surface area contributed by atoms with Crippen LogP contribution in [-0.2, 0) is 4.74 Å². The highest BCUT2D eigenvalue weighted by molar-refractivity contribution is 4.66. The number of aliphatic hydroxyl groups excluding tert-OH is 2. The van der Waals surface area contributed by atoms with Crippen molar-refractivity contribution in [2.45, 2.75) is 45.3 Å². The highest BCUT2D eigenvalue weighted by Crippen LogP contribution is 1.92. The zero-order valence-corrected chi connectivity index (χ0v) is 9.91. The summed E-state index contributed by atoms with van der Waals surface area (Å²) in [5.41, 5.74) is 0. The number of rotatable bonds is 10. The van der Waals surface area contributed by atoms with Gasteiger partial charge in [-0.15, -0.1) is 0 Å². The van der Waals surface area contributed by atoms with E-state index in [4.69, 9.17) is 9.84 Å². The molecule has 2 atom stereocenters. The fourth-order valence-corrected chi connectivity index (χ4v) is 1.17. The van der Waals surface area contributed by atoms with Crippen LogP contribution in [0.3, 0.4) is 0 Å². The number of ether oxygens (including phenoxy) is 1. The third-order valence-electron chi connectivity index (χ3n) is 2.31. The molecular formula is C11H25NO3. The van der Waals surface area contributed by atoms with Crippen LogP contribution in [0.15, 0.2) is 0 Å². The van der Waals surface area contributed by atoms with Gasteiger partial charge in [-0.25, -0.2) is 0 Å². The zero-order valence-electron chi connectivity index (χ0n) is 9.91. The first kappa shape index (κ1) is 14.8. The first-order valence-electron chi connectivity index (χ1n) is 5.84. The first-order chi connectivity index (χ1) is 7.24. The van der Waals surface area contributed by atoms with Crippen LogP contribution in [0.5, 0.6) is 0 Å². The molecule has 0 saturated heterocycles. The van der Waals surface area contributed by atoms with Crippen LogP contribution in [0.1, 0.15) is 33.1 Å². The Kier molecular flexibility index (Phi) is 10.3. The molecule has 0 bridgehead atoms. The van der Waals surface area contributed by atoms with Gasteiger partial charge >= 0.3 is 0 Å². The number of hydrogen-bond donors (Lipinski definition) is 3. The summed E-state index contributed by atoms with van der Waals surface area (Å²) in [5.74, 6) is 0. The Labute approximate surface area is 92.6 Å². The molecule has 0 fully saturated rings. The first-order valence-corrected chi connectivity index (χ1v) is 5.84. The molecule has 0 saturated carbocycles. The number of aliphatic hydroxyl groups is 2. The average Bonchev–Trinajstić information content (AvgIpc) is 2.26. The van der Waals surface area contributed by atoms with Crippen LogP contribution in [0.2, 0.25) is 0 Å². The van der Waals surface area contributed by atoms with E-state index in [2.05, 4.69) is 12.2 Å². The van der Waals surface area contributed by atoms with E-state index < -0.39 is 6.10 Å². The average molecular weight is 219 g/mol. The molecule has 2 unspecified atom stereocenters. The van der Waals surface area contributed by atoms with Crippen molar-refractivity contribution in [3.8, 4) is 0 Å². The Hall–Kier alpha value is -0.160. The Morgan fingerprint density at radius 3 is 2.60 bits per heavy atom. The SMILES string of the molecule is CCCCOCC(O)CNC(CC)CO. The molecule has 0 heterocycles. The van der Waals surface area contributed by atoms with Gasteiger partial charge in [-0.2, -0.15) is 0 Å². The van der Waals surface area contributed by atoms with Crippen molar-refractivity contribution in [3.63, 3.8) is 0 Å². The number of hydrogen-bond acceptors (Lipinski definition) is 4. The van der Waals surface area contributed by atoms with Crippen LogP contribution >= 0.6 is 0 Å². The van der Waals surface area contributed by atoms with E-state index in [0.29, 0.717) is 19.8 Å².